The van der Waals surface area contributed by atoms with Gasteiger partial charge in [0.15, 0.2) is 5.96 Å². The van der Waals surface area contributed by atoms with E-state index in [2.05, 4.69) is 40.9 Å². The molecule has 0 amide bonds. The van der Waals surface area contributed by atoms with E-state index in [0.29, 0.717) is 0 Å². The molecule has 1 aromatic heterocycles. The van der Waals surface area contributed by atoms with E-state index in [1.807, 2.05) is 0 Å². The van der Waals surface area contributed by atoms with Crippen molar-refractivity contribution in [2.75, 3.05) is 39.3 Å². The summed E-state index contributed by atoms with van der Waals surface area (Å²) in [6, 6.07) is 0. The van der Waals surface area contributed by atoms with Crippen molar-refractivity contribution in [2.24, 2.45) is 10.9 Å². The Bertz CT molecular complexity index is 562. The molecule has 2 fully saturated rings. The standard InChI is InChI=1S/C18H31N5S/c1-4-19-18(20-11-17-14(2)21-15(3)24-17)23-10-7-16(13-23)12-22-8-5-6-9-22/h16H,4-13H2,1-3H3,(H,19,20). The number of guanidine groups is 1. The maximum absolute atomic E-state index is 4.89. The Balaban J connectivity index is 1.58. The van der Waals surface area contributed by atoms with Crippen LogP contribution in [-0.2, 0) is 6.54 Å². The van der Waals surface area contributed by atoms with E-state index < -0.39 is 0 Å². The minimum absolute atomic E-state index is 0.743. The molecule has 5 nitrogen and oxygen atoms in total. The van der Waals surface area contributed by atoms with Gasteiger partial charge in [-0.25, -0.2) is 9.98 Å². The molecule has 2 saturated heterocycles. The van der Waals surface area contributed by atoms with Gasteiger partial charge >= 0.3 is 0 Å². The molecule has 3 heterocycles. The third-order valence-electron chi connectivity index (χ3n) is 5.01. The van der Waals surface area contributed by atoms with Gasteiger partial charge in [0.1, 0.15) is 0 Å². The number of thiazole rings is 1. The van der Waals surface area contributed by atoms with E-state index in [1.165, 1.54) is 43.8 Å². The zero-order valence-corrected chi connectivity index (χ0v) is 16.2. The van der Waals surface area contributed by atoms with Gasteiger partial charge in [0.25, 0.3) is 0 Å². The average Bonchev–Trinajstić information content (AvgIpc) is 3.27. The molecule has 24 heavy (non-hydrogen) atoms. The summed E-state index contributed by atoms with van der Waals surface area (Å²) >= 11 is 1.77. The van der Waals surface area contributed by atoms with E-state index in [-0.39, 0.29) is 0 Å². The molecule has 1 atom stereocenters. The van der Waals surface area contributed by atoms with Crippen molar-refractivity contribution in [2.45, 2.75) is 46.6 Å². The number of hydrogen-bond acceptors (Lipinski definition) is 4. The van der Waals surface area contributed by atoms with Crippen molar-refractivity contribution in [3.8, 4) is 0 Å². The summed E-state index contributed by atoms with van der Waals surface area (Å²) in [6.45, 7) is 14.1. The number of nitrogens with one attached hydrogen (secondary N) is 1. The zero-order chi connectivity index (χ0) is 16.9. The van der Waals surface area contributed by atoms with Crippen LogP contribution in [0, 0.1) is 19.8 Å². The lowest BCUT2D eigenvalue weighted by molar-refractivity contribution is 0.281. The summed E-state index contributed by atoms with van der Waals surface area (Å²) in [4.78, 5) is 15.8. The number of aliphatic imine (C=N–C) groups is 1. The van der Waals surface area contributed by atoms with Crippen molar-refractivity contribution in [3.05, 3.63) is 15.6 Å². The van der Waals surface area contributed by atoms with Gasteiger partial charge in [0.2, 0.25) is 0 Å². The van der Waals surface area contributed by atoms with Gasteiger partial charge < -0.3 is 15.1 Å². The molecule has 0 aliphatic carbocycles. The molecule has 134 valence electrons. The van der Waals surface area contributed by atoms with Gasteiger partial charge in [0.05, 0.1) is 17.2 Å². The van der Waals surface area contributed by atoms with Crippen LogP contribution in [0.1, 0.15) is 41.8 Å². The van der Waals surface area contributed by atoms with Gasteiger partial charge in [0, 0.05) is 31.1 Å². The lowest BCUT2D eigenvalue weighted by Crippen LogP contribution is -2.40. The summed E-state index contributed by atoms with van der Waals surface area (Å²) in [5, 5.41) is 4.62. The number of nitrogens with zero attached hydrogens (tertiary/aromatic N) is 4. The van der Waals surface area contributed by atoms with Gasteiger partial charge in [-0.3, -0.25) is 0 Å². The normalized spacial score (nSPS) is 22.5. The molecule has 0 aromatic carbocycles. The van der Waals surface area contributed by atoms with Crippen molar-refractivity contribution in [1.29, 1.82) is 0 Å². The average molecular weight is 350 g/mol. The first-order chi connectivity index (χ1) is 11.7. The van der Waals surface area contributed by atoms with Crippen LogP contribution in [0.5, 0.6) is 0 Å². The summed E-state index contributed by atoms with van der Waals surface area (Å²) in [5.41, 5.74) is 1.13. The summed E-state index contributed by atoms with van der Waals surface area (Å²) in [5.74, 6) is 1.87. The number of hydrogen-bond donors (Lipinski definition) is 1. The maximum atomic E-state index is 4.89. The van der Waals surface area contributed by atoms with E-state index in [0.717, 1.165) is 48.8 Å². The molecule has 1 unspecified atom stereocenters. The second-order valence-electron chi connectivity index (χ2n) is 7.02. The van der Waals surface area contributed by atoms with Gasteiger partial charge in [-0.05, 0) is 59.0 Å². The molecule has 3 rings (SSSR count). The lowest BCUT2D eigenvalue weighted by atomic mass is 10.1. The highest BCUT2D eigenvalue weighted by atomic mass is 32.1. The van der Waals surface area contributed by atoms with Crippen molar-refractivity contribution >= 4 is 17.3 Å². The van der Waals surface area contributed by atoms with Crippen LogP contribution in [0.25, 0.3) is 0 Å². The van der Waals surface area contributed by atoms with Crippen LogP contribution >= 0.6 is 11.3 Å². The molecule has 1 N–H and O–H groups in total. The molecule has 2 aliphatic rings. The zero-order valence-electron chi connectivity index (χ0n) is 15.3. The third kappa shape index (κ3) is 4.48. The van der Waals surface area contributed by atoms with Crippen LogP contribution in [0.2, 0.25) is 0 Å². The van der Waals surface area contributed by atoms with Crippen LogP contribution in [-0.4, -0.2) is 60.0 Å². The number of rotatable bonds is 5. The topological polar surface area (TPSA) is 43.8 Å². The van der Waals surface area contributed by atoms with Crippen LogP contribution in [0.4, 0.5) is 0 Å². The largest absolute Gasteiger partial charge is 0.357 e. The van der Waals surface area contributed by atoms with Crippen LogP contribution in [0.3, 0.4) is 0 Å². The molecule has 0 spiro atoms. The quantitative estimate of drug-likeness (QED) is 0.656. The minimum Gasteiger partial charge on any atom is -0.357 e. The molecule has 1 aromatic rings. The van der Waals surface area contributed by atoms with Crippen LogP contribution < -0.4 is 5.32 Å². The number of aryl methyl sites for hydroxylation is 2. The number of likely N-dealkylation sites (tertiary alicyclic amines) is 2. The molecule has 0 radical (unpaired) electrons. The summed E-state index contributed by atoms with van der Waals surface area (Å²) in [6.07, 6.45) is 4.06. The fourth-order valence-corrected chi connectivity index (χ4v) is 4.66. The molecule has 0 bridgehead atoms. The predicted molar refractivity (Wildman–Crippen MR) is 102 cm³/mol. The maximum Gasteiger partial charge on any atom is 0.194 e. The van der Waals surface area contributed by atoms with Gasteiger partial charge in [-0.1, -0.05) is 0 Å². The first kappa shape index (κ1) is 17.7. The highest BCUT2D eigenvalue weighted by Gasteiger charge is 2.27. The second-order valence-corrected chi connectivity index (χ2v) is 8.31. The Labute approximate surface area is 150 Å². The lowest BCUT2D eigenvalue weighted by Gasteiger charge is -2.23. The monoisotopic (exact) mass is 349 g/mol. The van der Waals surface area contributed by atoms with E-state index in [1.54, 1.807) is 11.3 Å². The van der Waals surface area contributed by atoms with Gasteiger partial charge in [-0.2, -0.15) is 0 Å². The Morgan fingerprint density at radius 3 is 2.75 bits per heavy atom. The summed E-state index contributed by atoms with van der Waals surface area (Å²) < 4.78 is 0. The molecular formula is C18H31N5S. The van der Waals surface area contributed by atoms with E-state index >= 15 is 0 Å². The third-order valence-corrected chi connectivity index (χ3v) is 6.06. The molecular weight excluding hydrogens is 318 g/mol. The second kappa shape index (κ2) is 8.30. The van der Waals surface area contributed by atoms with Crippen LogP contribution in [0.15, 0.2) is 4.99 Å². The van der Waals surface area contributed by atoms with E-state index in [4.69, 9.17) is 4.99 Å². The Kier molecular flexibility index (Phi) is 6.11. The first-order valence-corrected chi connectivity index (χ1v) is 10.2. The smallest absolute Gasteiger partial charge is 0.194 e. The fourth-order valence-electron chi connectivity index (χ4n) is 3.80. The predicted octanol–water partition coefficient (Wildman–Crippen LogP) is 2.64. The van der Waals surface area contributed by atoms with Crippen molar-refractivity contribution in [3.63, 3.8) is 0 Å². The molecule has 2 aliphatic heterocycles. The highest BCUT2D eigenvalue weighted by molar-refractivity contribution is 7.11. The Morgan fingerprint density at radius 2 is 2.08 bits per heavy atom. The fraction of sp³-hybridized carbons (Fsp3) is 0.778. The Morgan fingerprint density at radius 1 is 1.29 bits per heavy atom. The molecule has 0 saturated carbocycles. The molecule has 6 heteroatoms. The van der Waals surface area contributed by atoms with Gasteiger partial charge in [-0.15, -0.1) is 11.3 Å². The first-order valence-electron chi connectivity index (χ1n) is 9.34. The summed E-state index contributed by atoms with van der Waals surface area (Å²) in [7, 11) is 0. The van der Waals surface area contributed by atoms with Crippen molar-refractivity contribution < 1.29 is 0 Å². The Hall–Kier alpha value is -1.14. The van der Waals surface area contributed by atoms with E-state index in [9.17, 15) is 0 Å². The van der Waals surface area contributed by atoms with Crippen molar-refractivity contribution in [1.82, 2.24) is 20.1 Å². The number of aromatic nitrogens is 1. The SMILES string of the molecule is CCNC(=NCc1sc(C)nc1C)N1CCC(CN2CCCC2)C1. The highest BCUT2D eigenvalue weighted by Crippen LogP contribution is 2.21. The minimum atomic E-state index is 0.743.